The van der Waals surface area contributed by atoms with E-state index in [0.29, 0.717) is 22.3 Å². The van der Waals surface area contributed by atoms with E-state index in [1.165, 1.54) is 18.3 Å². The molecule has 1 amide bonds. The maximum absolute atomic E-state index is 12.3. The molecule has 0 radical (unpaired) electrons. The van der Waals surface area contributed by atoms with E-state index in [2.05, 4.69) is 4.98 Å². The Morgan fingerprint density at radius 3 is 2.69 bits per heavy atom. The van der Waals surface area contributed by atoms with Crippen LogP contribution in [0.2, 0.25) is 5.02 Å². The molecule has 0 aliphatic carbocycles. The predicted octanol–water partition coefficient (Wildman–Crippen LogP) is 5.78. The van der Waals surface area contributed by atoms with E-state index in [9.17, 15) is 4.79 Å². The zero-order valence-corrected chi connectivity index (χ0v) is 16.7. The molecule has 3 rings (SSSR count). The maximum Gasteiger partial charge on any atom is 0.230 e. The van der Waals surface area contributed by atoms with Crippen LogP contribution in [0.4, 0.5) is 10.8 Å². The molecule has 1 aromatic heterocycles. The number of carbonyl (C=O) groups is 1. The number of benzene rings is 2. The van der Waals surface area contributed by atoms with Crippen molar-refractivity contribution in [3.63, 3.8) is 0 Å². The maximum atomic E-state index is 12.3. The number of methoxy groups -OCH3 is 1. The van der Waals surface area contributed by atoms with Crippen LogP contribution in [0.5, 0.6) is 5.75 Å². The van der Waals surface area contributed by atoms with Crippen molar-refractivity contribution in [1.82, 2.24) is 4.98 Å². The van der Waals surface area contributed by atoms with Gasteiger partial charge in [-0.05, 0) is 24.3 Å². The molecule has 1 heterocycles. The van der Waals surface area contributed by atoms with Gasteiger partial charge in [0.25, 0.3) is 0 Å². The summed E-state index contributed by atoms with van der Waals surface area (Å²) in [5.74, 6) is 1.19. The summed E-state index contributed by atoms with van der Waals surface area (Å²) in [5, 5.41) is 3.31. The number of thioether (sulfide) groups is 1. The predicted molar refractivity (Wildman–Crippen MR) is 109 cm³/mol. The van der Waals surface area contributed by atoms with Gasteiger partial charge in [0.1, 0.15) is 5.75 Å². The highest BCUT2D eigenvalue weighted by molar-refractivity contribution is 7.98. The number of rotatable bonds is 6. The highest BCUT2D eigenvalue weighted by Gasteiger charge is 2.21. The minimum atomic E-state index is -0.117. The molecule has 0 aliphatic rings. The van der Waals surface area contributed by atoms with Crippen LogP contribution in [0, 0.1) is 0 Å². The lowest BCUT2D eigenvalue weighted by atomic mass is 10.2. The molecule has 0 aliphatic heterocycles. The van der Waals surface area contributed by atoms with Crippen molar-refractivity contribution in [3.8, 4) is 5.75 Å². The Bertz CT molecular complexity index is 914. The Balaban J connectivity index is 1.82. The van der Waals surface area contributed by atoms with E-state index in [1.54, 1.807) is 23.8 Å². The summed E-state index contributed by atoms with van der Waals surface area (Å²) in [4.78, 5) is 19.5. The number of anilines is 2. The van der Waals surface area contributed by atoms with Crippen molar-refractivity contribution in [2.24, 2.45) is 0 Å². The van der Waals surface area contributed by atoms with E-state index in [-0.39, 0.29) is 5.91 Å². The molecule has 2 aromatic carbocycles. The summed E-state index contributed by atoms with van der Waals surface area (Å²) >= 11 is 9.25. The summed E-state index contributed by atoms with van der Waals surface area (Å²) in [7, 11) is 1.59. The molecule has 7 heteroatoms. The normalized spacial score (nSPS) is 10.6. The SMILES string of the molecule is COc1ccccc1N(C(C)=O)c1nc(CSc2ccccc2Cl)cs1. The molecule has 0 atom stereocenters. The molecule has 0 bridgehead atoms. The Kier molecular flexibility index (Phi) is 6.19. The second-order valence-electron chi connectivity index (χ2n) is 5.37. The fourth-order valence-electron chi connectivity index (χ4n) is 2.40. The summed E-state index contributed by atoms with van der Waals surface area (Å²) in [6, 6.07) is 15.1. The first kappa shape index (κ1) is 18.8. The quantitative estimate of drug-likeness (QED) is 0.488. The summed E-state index contributed by atoms with van der Waals surface area (Å²) in [5.41, 5.74) is 1.58. The first-order valence-electron chi connectivity index (χ1n) is 7.85. The van der Waals surface area contributed by atoms with Gasteiger partial charge in [0.2, 0.25) is 5.91 Å². The van der Waals surface area contributed by atoms with Gasteiger partial charge in [-0.1, -0.05) is 35.9 Å². The second-order valence-corrected chi connectivity index (χ2v) is 7.63. The fraction of sp³-hybridized carbons (Fsp3) is 0.158. The number of hydrogen-bond acceptors (Lipinski definition) is 5. The highest BCUT2D eigenvalue weighted by atomic mass is 35.5. The van der Waals surface area contributed by atoms with Crippen molar-refractivity contribution < 1.29 is 9.53 Å². The lowest BCUT2D eigenvalue weighted by molar-refractivity contribution is -0.115. The zero-order chi connectivity index (χ0) is 18.5. The van der Waals surface area contributed by atoms with E-state index in [4.69, 9.17) is 16.3 Å². The van der Waals surface area contributed by atoms with Crippen LogP contribution in [0.1, 0.15) is 12.6 Å². The number of halogens is 1. The van der Waals surface area contributed by atoms with Crippen molar-refractivity contribution in [2.45, 2.75) is 17.6 Å². The number of carbonyl (C=O) groups excluding carboxylic acids is 1. The lowest BCUT2D eigenvalue weighted by Crippen LogP contribution is -2.23. The standard InChI is InChI=1S/C19H17ClN2O2S2/c1-13(23)22(16-8-4-5-9-17(16)24-2)19-21-14(12-26-19)11-25-18-10-6-3-7-15(18)20/h3-10,12H,11H2,1-2H3. The average molecular weight is 405 g/mol. The molecule has 0 saturated heterocycles. The molecule has 3 aromatic rings. The number of thiazole rings is 1. The molecule has 4 nitrogen and oxygen atoms in total. The van der Waals surface area contributed by atoms with Crippen molar-refractivity contribution in [2.75, 3.05) is 12.0 Å². The second kappa shape index (κ2) is 8.58. The number of amides is 1. The highest BCUT2D eigenvalue weighted by Crippen LogP contribution is 2.36. The van der Waals surface area contributed by atoms with E-state index < -0.39 is 0 Å². The number of aromatic nitrogens is 1. The molecule has 0 saturated carbocycles. The van der Waals surface area contributed by atoms with Gasteiger partial charge < -0.3 is 4.74 Å². The Morgan fingerprint density at radius 2 is 1.96 bits per heavy atom. The van der Waals surface area contributed by atoms with Crippen LogP contribution in [-0.4, -0.2) is 18.0 Å². The van der Waals surface area contributed by atoms with Gasteiger partial charge in [0, 0.05) is 23.0 Å². The fourth-order valence-corrected chi connectivity index (χ4v) is 4.52. The van der Waals surface area contributed by atoms with E-state index >= 15 is 0 Å². The molecular weight excluding hydrogens is 388 g/mol. The number of hydrogen-bond donors (Lipinski definition) is 0. The minimum Gasteiger partial charge on any atom is -0.495 e. The minimum absolute atomic E-state index is 0.117. The summed E-state index contributed by atoms with van der Waals surface area (Å²) in [6.07, 6.45) is 0. The van der Waals surface area contributed by atoms with E-state index in [0.717, 1.165) is 15.6 Å². The smallest absolute Gasteiger partial charge is 0.230 e. The third-order valence-corrected chi connectivity index (χ3v) is 6.01. The van der Waals surface area contributed by atoms with Crippen molar-refractivity contribution >= 4 is 51.4 Å². The molecular formula is C19H17ClN2O2S2. The van der Waals surface area contributed by atoms with Gasteiger partial charge in [0.15, 0.2) is 5.13 Å². The van der Waals surface area contributed by atoms with Crippen LogP contribution in [0.15, 0.2) is 58.8 Å². The molecule has 0 spiro atoms. The number of ether oxygens (including phenoxy) is 1. The monoisotopic (exact) mass is 404 g/mol. The molecule has 0 fully saturated rings. The van der Waals surface area contributed by atoms with Gasteiger partial charge >= 0.3 is 0 Å². The van der Waals surface area contributed by atoms with Gasteiger partial charge in [-0.2, -0.15) is 0 Å². The first-order valence-corrected chi connectivity index (χ1v) is 10.1. The van der Waals surface area contributed by atoms with Gasteiger partial charge in [-0.15, -0.1) is 23.1 Å². The van der Waals surface area contributed by atoms with Crippen LogP contribution < -0.4 is 9.64 Å². The largest absolute Gasteiger partial charge is 0.495 e. The van der Waals surface area contributed by atoms with Crippen LogP contribution in [0.3, 0.4) is 0 Å². The zero-order valence-electron chi connectivity index (χ0n) is 14.3. The van der Waals surface area contributed by atoms with Crippen LogP contribution in [-0.2, 0) is 10.5 Å². The Hall–Kier alpha value is -2.02. The van der Waals surface area contributed by atoms with Crippen molar-refractivity contribution in [1.29, 1.82) is 0 Å². The van der Waals surface area contributed by atoms with Gasteiger partial charge in [-0.3, -0.25) is 9.69 Å². The topological polar surface area (TPSA) is 42.4 Å². The van der Waals surface area contributed by atoms with Crippen LogP contribution in [0.25, 0.3) is 0 Å². The number of para-hydroxylation sites is 2. The van der Waals surface area contributed by atoms with E-state index in [1.807, 2.05) is 53.9 Å². The third kappa shape index (κ3) is 4.20. The first-order chi connectivity index (χ1) is 12.6. The molecule has 0 unspecified atom stereocenters. The molecule has 134 valence electrons. The molecule has 0 N–H and O–H groups in total. The Morgan fingerprint density at radius 1 is 1.23 bits per heavy atom. The third-order valence-electron chi connectivity index (χ3n) is 3.58. The van der Waals surface area contributed by atoms with Crippen LogP contribution >= 0.6 is 34.7 Å². The number of nitrogens with zero attached hydrogens (tertiary/aromatic N) is 2. The molecule has 26 heavy (non-hydrogen) atoms. The average Bonchev–Trinajstić information content (AvgIpc) is 3.10. The van der Waals surface area contributed by atoms with Gasteiger partial charge in [0.05, 0.1) is 23.5 Å². The Labute approximate surface area is 165 Å². The lowest BCUT2D eigenvalue weighted by Gasteiger charge is -2.20. The summed E-state index contributed by atoms with van der Waals surface area (Å²) < 4.78 is 5.39. The van der Waals surface area contributed by atoms with Gasteiger partial charge in [-0.25, -0.2) is 4.98 Å². The van der Waals surface area contributed by atoms with Crippen molar-refractivity contribution in [3.05, 3.63) is 64.6 Å². The summed E-state index contributed by atoms with van der Waals surface area (Å²) in [6.45, 7) is 1.52.